The monoisotopic (exact) mass is 552 g/mol. The standard InChI is InChI=1S/C30H27Cl3N2O2/c31-23-12-10-21(11-13-23)28-20-34(16-17-35(28)27-15-14-24(32)19-26(27)33)30(36)18-22-6-4-5-9-29(22)37-25-7-2-1-3-8-25/h2,4-15,19,28H,1,3,16-18,20H2. The molecule has 0 saturated carbocycles. The van der Waals surface area contributed by atoms with Crippen molar-refractivity contribution in [2.24, 2.45) is 0 Å². The molecule has 0 radical (unpaired) electrons. The van der Waals surface area contributed by atoms with Gasteiger partial charge in [-0.2, -0.15) is 0 Å². The first-order valence-corrected chi connectivity index (χ1v) is 13.5. The third-order valence-electron chi connectivity index (χ3n) is 6.71. The van der Waals surface area contributed by atoms with Gasteiger partial charge in [-0.3, -0.25) is 4.79 Å². The molecule has 0 N–H and O–H groups in total. The number of benzene rings is 3. The van der Waals surface area contributed by atoms with Gasteiger partial charge < -0.3 is 14.5 Å². The quantitative estimate of drug-likeness (QED) is 0.311. The molecule has 4 nitrogen and oxygen atoms in total. The zero-order valence-corrected chi connectivity index (χ0v) is 22.5. The average molecular weight is 554 g/mol. The highest BCUT2D eigenvalue weighted by atomic mass is 35.5. The molecule has 37 heavy (non-hydrogen) atoms. The van der Waals surface area contributed by atoms with E-state index in [0.29, 0.717) is 34.7 Å². The molecule has 3 aromatic carbocycles. The fourth-order valence-electron chi connectivity index (χ4n) is 4.80. The maximum Gasteiger partial charge on any atom is 0.227 e. The molecule has 5 rings (SSSR count). The van der Waals surface area contributed by atoms with Gasteiger partial charge in [-0.1, -0.05) is 71.2 Å². The number of piperazine rings is 1. The molecule has 0 aromatic heterocycles. The van der Waals surface area contributed by atoms with E-state index >= 15 is 0 Å². The van der Waals surface area contributed by atoms with E-state index in [4.69, 9.17) is 39.5 Å². The molecule has 1 atom stereocenters. The van der Waals surface area contributed by atoms with Crippen molar-refractivity contribution in [2.45, 2.75) is 25.3 Å². The van der Waals surface area contributed by atoms with Crippen molar-refractivity contribution in [1.29, 1.82) is 0 Å². The molecule has 0 bridgehead atoms. The van der Waals surface area contributed by atoms with Gasteiger partial charge in [0.1, 0.15) is 11.5 Å². The van der Waals surface area contributed by atoms with Crippen LogP contribution < -0.4 is 9.64 Å². The van der Waals surface area contributed by atoms with E-state index in [2.05, 4.69) is 17.1 Å². The summed E-state index contributed by atoms with van der Waals surface area (Å²) in [7, 11) is 0. The Balaban J connectivity index is 1.37. The van der Waals surface area contributed by atoms with Crippen LogP contribution in [0.25, 0.3) is 0 Å². The molecule has 1 aliphatic carbocycles. The predicted molar refractivity (Wildman–Crippen MR) is 152 cm³/mol. The lowest BCUT2D eigenvalue weighted by Crippen LogP contribution is -2.51. The van der Waals surface area contributed by atoms with E-state index in [1.54, 1.807) is 6.07 Å². The summed E-state index contributed by atoms with van der Waals surface area (Å²) in [5.74, 6) is 1.60. The Labute approximate surface area is 232 Å². The number of carbonyl (C=O) groups excluding carboxylic acids is 1. The van der Waals surface area contributed by atoms with Gasteiger partial charge in [0.15, 0.2) is 0 Å². The summed E-state index contributed by atoms with van der Waals surface area (Å²) in [5.41, 5.74) is 2.83. The Hall–Kier alpha value is -2.92. The summed E-state index contributed by atoms with van der Waals surface area (Å²) in [5, 5.41) is 1.84. The molecule has 0 spiro atoms. The van der Waals surface area contributed by atoms with Crippen LogP contribution in [0.15, 0.2) is 90.7 Å². The normalized spacial score (nSPS) is 17.5. The minimum Gasteiger partial charge on any atom is -0.457 e. The molecular weight excluding hydrogens is 527 g/mol. The zero-order valence-electron chi connectivity index (χ0n) is 20.2. The molecule has 3 aromatic rings. The van der Waals surface area contributed by atoms with Crippen molar-refractivity contribution >= 4 is 46.4 Å². The number of halogens is 3. The van der Waals surface area contributed by atoms with Crippen molar-refractivity contribution < 1.29 is 9.53 Å². The van der Waals surface area contributed by atoms with Crippen LogP contribution in [0, 0.1) is 0 Å². The second-order valence-electron chi connectivity index (χ2n) is 9.17. The smallest absolute Gasteiger partial charge is 0.227 e. The Bertz CT molecular complexity index is 1340. The predicted octanol–water partition coefficient (Wildman–Crippen LogP) is 7.89. The third kappa shape index (κ3) is 6.15. The van der Waals surface area contributed by atoms with Gasteiger partial charge in [0.05, 0.1) is 23.2 Å². The van der Waals surface area contributed by atoms with Gasteiger partial charge in [-0.15, -0.1) is 0 Å². The van der Waals surface area contributed by atoms with Crippen LogP contribution in [0.4, 0.5) is 5.69 Å². The van der Waals surface area contributed by atoms with Crippen molar-refractivity contribution in [2.75, 3.05) is 24.5 Å². The molecule has 1 heterocycles. The number of rotatable bonds is 6. The topological polar surface area (TPSA) is 32.8 Å². The van der Waals surface area contributed by atoms with Crippen molar-refractivity contribution in [1.82, 2.24) is 4.90 Å². The van der Waals surface area contributed by atoms with E-state index in [1.807, 2.05) is 71.6 Å². The van der Waals surface area contributed by atoms with Gasteiger partial charge in [-0.25, -0.2) is 0 Å². The molecular formula is C30H27Cl3N2O2. The number of hydrogen-bond donors (Lipinski definition) is 0. The van der Waals surface area contributed by atoms with Crippen molar-refractivity contribution in [3.05, 3.63) is 117 Å². The highest BCUT2D eigenvalue weighted by Gasteiger charge is 2.32. The summed E-state index contributed by atoms with van der Waals surface area (Å²) >= 11 is 18.9. The molecule has 190 valence electrons. The van der Waals surface area contributed by atoms with Gasteiger partial charge in [-0.05, 0) is 67.0 Å². The van der Waals surface area contributed by atoms with Crippen molar-refractivity contribution in [3.63, 3.8) is 0 Å². The van der Waals surface area contributed by atoms with E-state index in [-0.39, 0.29) is 18.4 Å². The highest BCUT2D eigenvalue weighted by molar-refractivity contribution is 6.36. The number of carbonyl (C=O) groups is 1. The van der Waals surface area contributed by atoms with Crippen LogP contribution in [0.2, 0.25) is 15.1 Å². The molecule has 7 heteroatoms. The number of hydrogen-bond acceptors (Lipinski definition) is 3. The number of nitrogens with zero attached hydrogens (tertiary/aromatic N) is 2. The molecule has 1 amide bonds. The Morgan fingerprint density at radius 3 is 2.46 bits per heavy atom. The maximum absolute atomic E-state index is 13.6. The number of anilines is 1. The van der Waals surface area contributed by atoms with Crippen LogP contribution in [0.1, 0.15) is 30.0 Å². The van der Waals surface area contributed by atoms with Gasteiger partial charge in [0.25, 0.3) is 0 Å². The van der Waals surface area contributed by atoms with Gasteiger partial charge >= 0.3 is 0 Å². The van der Waals surface area contributed by atoms with E-state index in [0.717, 1.165) is 41.2 Å². The molecule has 1 unspecified atom stereocenters. The largest absolute Gasteiger partial charge is 0.457 e. The minimum absolute atomic E-state index is 0.0602. The summed E-state index contributed by atoms with van der Waals surface area (Å²) < 4.78 is 6.13. The Kier molecular flexibility index (Phi) is 8.09. The summed E-state index contributed by atoms with van der Waals surface area (Å²) in [6.07, 6.45) is 8.42. The second kappa shape index (κ2) is 11.6. The lowest BCUT2D eigenvalue weighted by molar-refractivity contribution is -0.131. The lowest BCUT2D eigenvalue weighted by atomic mass is 10.0. The number of ether oxygens (including phenoxy) is 1. The van der Waals surface area contributed by atoms with E-state index < -0.39 is 0 Å². The average Bonchev–Trinajstić information content (AvgIpc) is 2.91. The second-order valence-corrected chi connectivity index (χ2v) is 10.4. The summed E-state index contributed by atoms with van der Waals surface area (Å²) in [6.45, 7) is 1.74. The SMILES string of the molecule is O=C(Cc1ccccc1OC1=CCCC=C1)N1CCN(c2ccc(Cl)cc2Cl)C(c2ccc(Cl)cc2)C1. The van der Waals surface area contributed by atoms with Crippen LogP contribution >= 0.6 is 34.8 Å². The van der Waals surface area contributed by atoms with Gasteiger partial charge in [0.2, 0.25) is 5.91 Å². The third-order valence-corrected chi connectivity index (χ3v) is 7.50. The van der Waals surface area contributed by atoms with Crippen LogP contribution in [0.3, 0.4) is 0 Å². The highest BCUT2D eigenvalue weighted by Crippen LogP contribution is 2.37. The first-order chi connectivity index (χ1) is 18.0. The van der Waals surface area contributed by atoms with Crippen LogP contribution in [0.5, 0.6) is 5.75 Å². The number of allylic oxidation sites excluding steroid dienone is 3. The molecule has 1 aliphatic heterocycles. The van der Waals surface area contributed by atoms with Crippen LogP contribution in [-0.2, 0) is 11.2 Å². The number of para-hydroxylation sites is 1. The zero-order chi connectivity index (χ0) is 25.8. The summed E-state index contributed by atoms with van der Waals surface area (Å²) in [6, 6.07) is 21.0. The minimum atomic E-state index is -0.0855. The molecule has 1 fully saturated rings. The van der Waals surface area contributed by atoms with Crippen molar-refractivity contribution in [3.8, 4) is 5.75 Å². The Morgan fingerprint density at radius 1 is 0.919 bits per heavy atom. The van der Waals surface area contributed by atoms with Gasteiger partial charge in [0, 0.05) is 35.2 Å². The first-order valence-electron chi connectivity index (χ1n) is 12.4. The van der Waals surface area contributed by atoms with E-state index in [1.165, 1.54) is 0 Å². The fourth-order valence-corrected chi connectivity index (χ4v) is 5.44. The summed E-state index contributed by atoms with van der Waals surface area (Å²) in [4.78, 5) is 17.7. The fraction of sp³-hybridized carbons (Fsp3) is 0.233. The number of amides is 1. The molecule has 1 saturated heterocycles. The Morgan fingerprint density at radius 2 is 1.70 bits per heavy atom. The van der Waals surface area contributed by atoms with E-state index in [9.17, 15) is 4.79 Å². The molecule has 2 aliphatic rings. The first kappa shape index (κ1) is 25.7. The maximum atomic E-state index is 13.6. The lowest BCUT2D eigenvalue weighted by Gasteiger charge is -2.43. The van der Waals surface area contributed by atoms with Crippen LogP contribution in [-0.4, -0.2) is 30.4 Å².